The summed E-state index contributed by atoms with van der Waals surface area (Å²) in [6.45, 7) is 4.89. The van der Waals surface area contributed by atoms with Crippen LogP contribution in [0.3, 0.4) is 0 Å². The van der Waals surface area contributed by atoms with Gasteiger partial charge in [0.05, 0.1) is 6.10 Å². The molecule has 4 nitrogen and oxygen atoms in total. The second-order valence-corrected chi connectivity index (χ2v) is 12.1. The van der Waals surface area contributed by atoms with E-state index in [1.54, 1.807) is 0 Å². The van der Waals surface area contributed by atoms with Crippen LogP contribution in [0, 0.1) is 40.4 Å². The summed E-state index contributed by atoms with van der Waals surface area (Å²) in [6, 6.07) is 0. The highest BCUT2D eigenvalue weighted by Crippen LogP contribution is 2.67. The summed E-state index contributed by atoms with van der Waals surface area (Å²) in [6.07, 6.45) is 15.9. The van der Waals surface area contributed by atoms with Crippen LogP contribution < -0.4 is 5.73 Å². The van der Waals surface area contributed by atoms with Crippen LogP contribution >= 0.6 is 0 Å². The van der Waals surface area contributed by atoms with Gasteiger partial charge in [-0.25, -0.2) is 0 Å². The van der Waals surface area contributed by atoms with E-state index < -0.39 is 0 Å². The van der Waals surface area contributed by atoms with E-state index >= 15 is 0 Å². The normalized spacial score (nSPS) is 44.4. The molecular formula is C27H45NO3. The smallest absolute Gasteiger partial charge is 0.217 e. The Morgan fingerprint density at radius 3 is 2.48 bits per heavy atom. The Labute approximate surface area is 189 Å². The van der Waals surface area contributed by atoms with E-state index in [0.717, 1.165) is 56.3 Å². The molecule has 0 saturated heterocycles. The minimum absolute atomic E-state index is 0.113. The Hall–Kier alpha value is -0.900. The molecule has 4 aliphatic carbocycles. The number of carbonyl (C=O) groups excluding carboxylic acids is 2. The maximum Gasteiger partial charge on any atom is 0.217 e. The molecule has 4 saturated carbocycles. The molecule has 0 aliphatic heterocycles. The van der Waals surface area contributed by atoms with Gasteiger partial charge < -0.3 is 10.8 Å². The van der Waals surface area contributed by atoms with Gasteiger partial charge in [0.15, 0.2) is 0 Å². The summed E-state index contributed by atoms with van der Waals surface area (Å²) in [5.41, 5.74) is 5.69. The fraction of sp³-hybridized carbons (Fsp3) is 0.926. The number of rotatable bonds is 8. The largest absolute Gasteiger partial charge is 0.393 e. The van der Waals surface area contributed by atoms with Gasteiger partial charge in [-0.15, -0.1) is 0 Å². The zero-order valence-corrected chi connectivity index (χ0v) is 19.9. The summed E-state index contributed by atoms with van der Waals surface area (Å²) in [4.78, 5) is 23.3. The molecular weight excluding hydrogens is 386 g/mol. The highest BCUT2D eigenvalue weighted by Gasteiger charge is 2.62. The summed E-state index contributed by atoms with van der Waals surface area (Å²) in [5, 5.41) is 10.8. The lowest BCUT2D eigenvalue weighted by Crippen LogP contribution is -2.57. The van der Waals surface area contributed by atoms with Crippen LogP contribution in [0.15, 0.2) is 0 Å². The molecule has 0 aromatic carbocycles. The quantitative estimate of drug-likeness (QED) is 0.505. The van der Waals surface area contributed by atoms with Crippen LogP contribution in [0.1, 0.15) is 110 Å². The van der Waals surface area contributed by atoms with Crippen LogP contribution in [0.4, 0.5) is 0 Å². The van der Waals surface area contributed by atoms with Gasteiger partial charge in [0, 0.05) is 19.3 Å². The number of Topliss-reactive ketones (excluding diaryl/α,β-unsaturated/α-hetero) is 1. The molecule has 4 fully saturated rings. The molecule has 0 bridgehead atoms. The average molecular weight is 432 g/mol. The molecule has 31 heavy (non-hydrogen) atoms. The molecule has 0 aromatic heterocycles. The first-order valence-electron chi connectivity index (χ1n) is 13.2. The standard InChI is InChI=1S/C27H45NO3/c1-26-14-12-20(29)17-19(26)16-18(8-6-4-3-5-7-9-24(28)31)25-21-10-11-23(30)27(21,2)15-13-22(25)26/h18-19,21-23,25,30H,3-17H2,1-2H3,(H2,28,31)/t18?,19?,21-,22+,23?,25-,26-,27-/m0/s1. The Morgan fingerprint density at radius 1 is 1.00 bits per heavy atom. The highest BCUT2D eigenvalue weighted by molar-refractivity contribution is 5.79. The Bertz CT molecular complexity index is 677. The Morgan fingerprint density at radius 2 is 1.71 bits per heavy atom. The molecule has 4 aliphatic rings. The van der Waals surface area contributed by atoms with Gasteiger partial charge in [0.25, 0.3) is 0 Å². The van der Waals surface area contributed by atoms with E-state index in [2.05, 4.69) is 13.8 Å². The fourth-order valence-corrected chi connectivity index (χ4v) is 8.73. The lowest BCUT2D eigenvalue weighted by atomic mass is 9.42. The van der Waals surface area contributed by atoms with Crippen LogP contribution in [-0.4, -0.2) is 22.9 Å². The van der Waals surface area contributed by atoms with Crippen LogP contribution in [0.2, 0.25) is 0 Å². The maximum atomic E-state index is 12.3. The zero-order chi connectivity index (χ0) is 22.2. The first-order chi connectivity index (χ1) is 14.8. The predicted molar refractivity (Wildman–Crippen MR) is 123 cm³/mol. The van der Waals surface area contributed by atoms with E-state index in [0.29, 0.717) is 29.5 Å². The number of ketones is 1. The monoisotopic (exact) mass is 431 g/mol. The predicted octanol–water partition coefficient (Wildman–Crippen LogP) is 5.40. The molecule has 1 amide bonds. The number of hydrogen-bond acceptors (Lipinski definition) is 3. The van der Waals surface area contributed by atoms with Gasteiger partial charge >= 0.3 is 0 Å². The summed E-state index contributed by atoms with van der Waals surface area (Å²) in [5.74, 6) is 3.74. The molecule has 0 heterocycles. The van der Waals surface area contributed by atoms with Crippen LogP contribution in [0.5, 0.6) is 0 Å². The van der Waals surface area contributed by atoms with E-state index in [-0.39, 0.29) is 17.4 Å². The third kappa shape index (κ3) is 4.35. The van der Waals surface area contributed by atoms with Crippen molar-refractivity contribution < 1.29 is 14.7 Å². The van der Waals surface area contributed by atoms with Crippen molar-refractivity contribution in [1.82, 2.24) is 0 Å². The molecule has 3 N–H and O–H groups in total. The topological polar surface area (TPSA) is 80.4 Å². The first-order valence-corrected chi connectivity index (χ1v) is 13.2. The van der Waals surface area contributed by atoms with E-state index in [1.165, 1.54) is 51.4 Å². The van der Waals surface area contributed by atoms with Crippen LogP contribution in [0.25, 0.3) is 0 Å². The summed E-state index contributed by atoms with van der Waals surface area (Å²) in [7, 11) is 0. The van der Waals surface area contributed by atoms with E-state index in [4.69, 9.17) is 5.73 Å². The lowest BCUT2D eigenvalue weighted by molar-refractivity contribution is -0.156. The number of primary amides is 1. The number of aliphatic hydroxyl groups excluding tert-OH is 1. The molecule has 3 unspecified atom stereocenters. The molecule has 8 atom stereocenters. The fourth-order valence-electron chi connectivity index (χ4n) is 8.73. The highest BCUT2D eigenvalue weighted by atomic mass is 16.3. The van der Waals surface area contributed by atoms with E-state index in [9.17, 15) is 14.7 Å². The van der Waals surface area contributed by atoms with Gasteiger partial charge in [-0.3, -0.25) is 9.59 Å². The second-order valence-electron chi connectivity index (χ2n) is 12.1. The summed E-state index contributed by atoms with van der Waals surface area (Å²) < 4.78 is 0. The van der Waals surface area contributed by atoms with E-state index in [1.807, 2.05) is 0 Å². The van der Waals surface area contributed by atoms with Crippen molar-refractivity contribution in [2.75, 3.05) is 0 Å². The minimum atomic E-state index is -0.183. The number of amides is 1. The van der Waals surface area contributed by atoms with Crippen molar-refractivity contribution in [2.45, 2.75) is 116 Å². The Balaban J connectivity index is 1.44. The number of fused-ring (bicyclic) bond motifs is 5. The minimum Gasteiger partial charge on any atom is -0.393 e. The average Bonchev–Trinajstić information content (AvgIpc) is 3.02. The summed E-state index contributed by atoms with van der Waals surface area (Å²) >= 11 is 0. The number of aliphatic hydroxyl groups is 1. The lowest BCUT2D eigenvalue weighted by Gasteiger charge is -2.62. The van der Waals surface area contributed by atoms with Crippen molar-refractivity contribution >= 4 is 11.7 Å². The van der Waals surface area contributed by atoms with Gasteiger partial charge in [-0.2, -0.15) is 0 Å². The van der Waals surface area contributed by atoms with Crippen molar-refractivity contribution in [1.29, 1.82) is 0 Å². The second kappa shape index (κ2) is 9.15. The molecule has 0 aromatic rings. The molecule has 4 heteroatoms. The number of hydrogen-bond donors (Lipinski definition) is 2. The van der Waals surface area contributed by atoms with Gasteiger partial charge in [-0.1, -0.05) is 46.0 Å². The zero-order valence-electron chi connectivity index (χ0n) is 19.9. The van der Waals surface area contributed by atoms with Crippen molar-refractivity contribution in [3.8, 4) is 0 Å². The van der Waals surface area contributed by atoms with Gasteiger partial charge in [0.2, 0.25) is 5.91 Å². The molecule has 4 rings (SSSR count). The molecule has 0 spiro atoms. The third-order valence-electron chi connectivity index (χ3n) is 10.6. The number of carbonyl (C=O) groups is 2. The molecule has 176 valence electrons. The van der Waals surface area contributed by atoms with Crippen molar-refractivity contribution in [2.24, 2.45) is 46.2 Å². The van der Waals surface area contributed by atoms with Gasteiger partial charge in [-0.05, 0) is 85.4 Å². The van der Waals surface area contributed by atoms with Gasteiger partial charge in [0.1, 0.15) is 5.78 Å². The SMILES string of the molecule is C[C@]12CCC(=O)CC1CC(CCCCCCCC(N)=O)[C@@H]1[C@H]2CC[C@]2(C)C(O)CC[C@@H]12. The van der Waals surface area contributed by atoms with Crippen molar-refractivity contribution in [3.05, 3.63) is 0 Å². The van der Waals surface area contributed by atoms with Crippen LogP contribution in [-0.2, 0) is 9.59 Å². The third-order valence-corrected chi connectivity index (χ3v) is 10.6. The van der Waals surface area contributed by atoms with Crippen molar-refractivity contribution in [3.63, 3.8) is 0 Å². The number of unbranched alkanes of at least 4 members (excludes halogenated alkanes) is 4. The number of nitrogens with two attached hydrogens (primary N) is 1. The maximum absolute atomic E-state index is 12.3. The Kier molecular flexibility index (Phi) is 6.87. The molecule has 0 radical (unpaired) electrons. The first kappa shape index (κ1) is 23.3.